The molecule has 1 N–H and O–H groups in total. The van der Waals surface area contributed by atoms with E-state index in [1.165, 1.54) is 7.05 Å². The van der Waals surface area contributed by atoms with Gasteiger partial charge in [-0.05, 0) is 25.2 Å². The first-order chi connectivity index (χ1) is 9.27. The van der Waals surface area contributed by atoms with E-state index >= 15 is 0 Å². The average Bonchev–Trinajstić information content (AvgIpc) is 2.39. The lowest BCUT2D eigenvalue weighted by atomic mass is 10.1. The van der Waals surface area contributed by atoms with Crippen molar-refractivity contribution in [2.45, 2.75) is 12.8 Å². The van der Waals surface area contributed by atoms with Gasteiger partial charge < -0.3 is 5.32 Å². The number of fused-ring (bicyclic) bond motifs is 1. The number of hydrogen-bond acceptors (Lipinski definition) is 3. The number of rotatable bonds is 2. The SMILES string of the molecule is CNCn1c(=O)c2ccc(C(F)(F)F)cc2n(C)c1=O. The molecule has 0 bridgehead atoms. The van der Waals surface area contributed by atoms with Crippen molar-refractivity contribution in [3.63, 3.8) is 0 Å². The van der Waals surface area contributed by atoms with Crippen LogP contribution in [0.1, 0.15) is 5.56 Å². The lowest BCUT2D eigenvalue weighted by Gasteiger charge is -2.12. The minimum atomic E-state index is -4.52. The van der Waals surface area contributed by atoms with Gasteiger partial charge in [0.2, 0.25) is 0 Å². The predicted octanol–water partition coefficient (Wildman–Crippen LogP) is 0.896. The van der Waals surface area contributed by atoms with Crippen LogP contribution in [0, 0.1) is 0 Å². The first kappa shape index (κ1) is 14.3. The summed E-state index contributed by atoms with van der Waals surface area (Å²) in [7, 11) is 2.89. The van der Waals surface area contributed by atoms with Gasteiger partial charge in [0.1, 0.15) is 0 Å². The number of nitrogens with one attached hydrogen (secondary N) is 1. The molecular weight excluding hydrogens is 275 g/mol. The molecule has 0 aliphatic rings. The maximum Gasteiger partial charge on any atom is 0.416 e. The molecule has 0 unspecified atom stereocenters. The van der Waals surface area contributed by atoms with Crippen molar-refractivity contribution < 1.29 is 13.2 Å². The van der Waals surface area contributed by atoms with Crippen LogP contribution in [0.15, 0.2) is 27.8 Å². The van der Waals surface area contributed by atoms with E-state index in [1.54, 1.807) is 7.05 Å². The Morgan fingerprint density at radius 1 is 1.25 bits per heavy atom. The molecule has 0 aliphatic carbocycles. The quantitative estimate of drug-likeness (QED) is 0.892. The second-order valence-electron chi connectivity index (χ2n) is 4.32. The molecule has 0 aliphatic heterocycles. The molecule has 108 valence electrons. The highest BCUT2D eigenvalue weighted by atomic mass is 19.4. The summed E-state index contributed by atoms with van der Waals surface area (Å²) in [6, 6.07) is 2.73. The Bertz CT molecular complexity index is 774. The minimum Gasteiger partial charge on any atom is -0.302 e. The summed E-state index contributed by atoms with van der Waals surface area (Å²) in [5, 5.41) is 2.73. The molecule has 0 saturated heterocycles. The Morgan fingerprint density at radius 2 is 1.90 bits per heavy atom. The molecule has 1 aromatic carbocycles. The van der Waals surface area contributed by atoms with Crippen LogP contribution in [-0.4, -0.2) is 16.2 Å². The summed E-state index contributed by atoms with van der Waals surface area (Å²) in [5.74, 6) is 0. The summed E-state index contributed by atoms with van der Waals surface area (Å²) < 4.78 is 40.0. The van der Waals surface area contributed by atoms with E-state index in [0.29, 0.717) is 0 Å². The van der Waals surface area contributed by atoms with E-state index < -0.39 is 23.0 Å². The number of halogens is 3. The van der Waals surface area contributed by atoms with Gasteiger partial charge >= 0.3 is 11.9 Å². The van der Waals surface area contributed by atoms with Gasteiger partial charge in [-0.1, -0.05) is 0 Å². The Balaban J connectivity index is 2.86. The second-order valence-corrected chi connectivity index (χ2v) is 4.32. The molecule has 0 saturated carbocycles. The average molecular weight is 287 g/mol. The molecule has 2 rings (SSSR count). The van der Waals surface area contributed by atoms with Crippen LogP contribution in [0.2, 0.25) is 0 Å². The molecule has 0 spiro atoms. The fourth-order valence-corrected chi connectivity index (χ4v) is 1.98. The third-order valence-electron chi connectivity index (χ3n) is 3.00. The van der Waals surface area contributed by atoms with Crippen LogP contribution in [0.5, 0.6) is 0 Å². The van der Waals surface area contributed by atoms with E-state index in [2.05, 4.69) is 5.32 Å². The van der Waals surface area contributed by atoms with Gasteiger partial charge in [0.15, 0.2) is 0 Å². The highest BCUT2D eigenvalue weighted by molar-refractivity contribution is 5.78. The van der Waals surface area contributed by atoms with Gasteiger partial charge in [0, 0.05) is 7.05 Å². The molecule has 20 heavy (non-hydrogen) atoms. The number of alkyl halides is 3. The van der Waals surface area contributed by atoms with E-state index in [0.717, 1.165) is 27.3 Å². The Labute approximate surface area is 111 Å². The van der Waals surface area contributed by atoms with Crippen molar-refractivity contribution in [1.29, 1.82) is 0 Å². The first-order valence-electron chi connectivity index (χ1n) is 5.72. The summed E-state index contributed by atoms with van der Waals surface area (Å²) in [6.07, 6.45) is -4.52. The fraction of sp³-hybridized carbons (Fsp3) is 0.333. The topological polar surface area (TPSA) is 56.0 Å². The number of nitrogens with zero attached hydrogens (tertiary/aromatic N) is 2. The van der Waals surface area contributed by atoms with Crippen LogP contribution in [0.4, 0.5) is 13.2 Å². The van der Waals surface area contributed by atoms with Crippen LogP contribution in [-0.2, 0) is 19.9 Å². The van der Waals surface area contributed by atoms with E-state index in [1.807, 2.05) is 0 Å². The highest BCUT2D eigenvalue weighted by Gasteiger charge is 2.31. The molecule has 5 nitrogen and oxygen atoms in total. The highest BCUT2D eigenvalue weighted by Crippen LogP contribution is 2.30. The lowest BCUT2D eigenvalue weighted by molar-refractivity contribution is -0.137. The second kappa shape index (κ2) is 4.78. The molecule has 0 atom stereocenters. The third-order valence-corrected chi connectivity index (χ3v) is 3.00. The Kier molecular flexibility index (Phi) is 3.43. The first-order valence-corrected chi connectivity index (χ1v) is 5.72. The molecule has 0 fully saturated rings. The maximum absolute atomic E-state index is 12.7. The van der Waals surface area contributed by atoms with Gasteiger partial charge in [-0.2, -0.15) is 13.2 Å². The molecule has 0 amide bonds. The largest absolute Gasteiger partial charge is 0.416 e. The number of hydrogen-bond donors (Lipinski definition) is 1. The van der Waals surface area contributed by atoms with Crippen molar-refractivity contribution >= 4 is 10.9 Å². The minimum absolute atomic E-state index is 0.0114. The molecule has 8 heteroatoms. The zero-order valence-corrected chi connectivity index (χ0v) is 10.8. The van der Waals surface area contributed by atoms with Crippen molar-refractivity contribution in [3.05, 3.63) is 44.6 Å². The van der Waals surface area contributed by atoms with Gasteiger partial charge in [-0.15, -0.1) is 0 Å². The summed E-state index contributed by atoms with van der Waals surface area (Å²) >= 11 is 0. The van der Waals surface area contributed by atoms with Gasteiger partial charge in [-0.3, -0.25) is 9.36 Å². The van der Waals surface area contributed by atoms with E-state index in [9.17, 15) is 22.8 Å². The van der Waals surface area contributed by atoms with Crippen LogP contribution in [0.3, 0.4) is 0 Å². The summed E-state index contributed by atoms with van der Waals surface area (Å²) in [4.78, 5) is 24.0. The van der Waals surface area contributed by atoms with Crippen molar-refractivity contribution in [1.82, 2.24) is 14.5 Å². The summed E-state index contributed by atoms with van der Waals surface area (Å²) in [6.45, 7) is -0.0114. The van der Waals surface area contributed by atoms with E-state index in [4.69, 9.17) is 0 Å². The number of benzene rings is 1. The van der Waals surface area contributed by atoms with Crippen LogP contribution < -0.4 is 16.6 Å². The summed E-state index contributed by atoms with van der Waals surface area (Å²) in [5.41, 5.74) is -2.23. The maximum atomic E-state index is 12.7. The zero-order chi connectivity index (χ0) is 15.1. The van der Waals surface area contributed by atoms with Gasteiger partial charge in [0.05, 0.1) is 23.1 Å². The predicted molar refractivity (Wildman–Crippen MR) is 67.5 cm³/mol. The molecule has 0 radical (unpaired) electrons. The van der Waals surface area contributed by atoms with Crippen LogP contribution >= 0.6 is 0 Å². The van der Waals surface area contributed by atoms with Crippen molar-refractivity contribution in [3.8, 4) is 0 Å². The van der Waals surface area contributed by atoms with Gasteiger partial charge in [-0.25, -0.2) is 9.36 Å². The zero-order valence-electron chi connectivity index (χ0n) is 10.8. The third kappa shape index (κ3) is 2.22. The molecule has 1 heterocycles. The smallest absolute Gasteiger partial charge is 0.302 e. The standard InChI is InChI=1S/C12H12F3N3O2/c1-16-6-18-10(19)8-4-3-7(12(13,14)15)5-9(8)17(2)11(18)20/h3-5,16H,6H2,1-2H3. The Hall–Kier alpha value is -2.09. The molecule has 2 aromatic rings. The monoisotopic (exact) mass is 287 g/mol. The van der Waals surface area contributed by atoms with Crippen LogP contribution in [0.25, 0.3) is 10.9 Å². The van der Waals surface area contributed by atoms with Gasteiger partial charge in [0.25, 0.3) is 5.56 Å². The number of aromatic nitrogens is 2. The molecular formula is C12H12F3N3O2. The molecule has 1 aromatic heterocycles. The lowest BCUT2D eigenvalue weighted by Crippen LogP contribution is -2.41. The van der Waals surface area contributed by atoms with E-state index in [-0.39, 0.29) is 17.6 Å². The van der Waals surface area contributed by atoms with Crippen molar-refractivity contribution in [2.24, 2.45) is 7.05 Å². The normalized spacial score (nSPS) is 12.1. The van der Waals surface area contributed by atoms with Crippen molar-refractivity contribution in [2.75, 3.05) is 7.05 Å². The fourth-order valence-electron chi connectivity index (χ4n) is 1.98. The Morgan fingerprint density at radius 3 is 2.45 bits per heavy atom. The number of aryl methyl sites for hydroxylation is 1.